The summed E-state index contributed by atoms with van der Waals surface area (Å²) >= 11 is 0. The normalized spacial score (nSPS) is 15.0. The van der Waals surface area contributed by atoms with Gasteiger partial charge in [0.1, 0.15) is 11.6 Å². The smallest absolute Gasteiger partial charge is 0.307 e. The molecule has 222 valence electrons. The summed E-state index contributed by atoms with van der Waals surface area (Å²) in [5.41, 5.74) is 10.3. The molecule has 3 aromatic heterocycles. The largest absolute Gasteiger partial charge is 0.481 e. The summed E-state index contributed by atoms with van der Waals surface area (Å²) in [4.78, 5) is 27.1. The van der Waals surface area contributed by atoms with Gasteiger partial charge in [0.05, 0.1) is 22.7 Å². The summed E-state index contributed by atoms with van der Waals surface area (Å²) in [5.74, 6) is -0.665. The number of nitriles is 1. The van der Waals surface area contributed by atoms with Crippen LogP contribution in [0.4, 0.5) is 11.4 Å². The number of oxazole rings is 1. The van der Waals surface area contributed by atoms with E-state index in [1.807, 2.05) is 48.7 Å². The van der Waals surface area contributed by atoms with E-state index in [1.54, 1.807) is 12.4 Å². The lowest BCUT2D eigenvalue weighted by atomic mass is 9.92. The predicted molar refractivity (Wildman–Crippen MR) is 173 cm³/mol. The zero-order valence-electron chi connectivity index (χ0n) is 24.9. The molecule has 1 saturated heterocycles. The molecule has 0 unspecified atom stereocenters. The third kappa shape index (κ3) is 5.26. The maximum Gasteiger partial charge on any atom is 0.307 e. The topological polar surface area (TPSA) is 128 Å². The van der Waals surface area contributed by atoms with E-state index in [0.29, 0.717) is 48.6 Å². The monoisotopic (exact) mass is 594 g/mol. The number of nitrogens with zero attached hydrogens (tertiary/aromatic N) is 5. The number of fused-ring (bicyclic) bond motifs is 2. The molecule has 0 saturated carbocycles. The average molecular weight is 595 g/mol. The molecular weight excluding hydrogens is 564 g/mol. The minimum atomic E-state index is -0.762. The molecule has 1 aliphatic heterocycles. The van der Waals surface area contributed by atoms with Crippen LogP contribution in [0.1, 0.15) is 28.7 Å². The Hall–Kier alpha value is -5.59. The Morgan fingerprint density at radius 2 is 1.82 bits per heavy atom. The Labute approximate surface area is 259 Å². The Balaban J connectivity index is 1.22. The second kappa shape index (κ2) is 11.5. The first-order valence-electron chi connectivity index (χ1n) is 14.8. The van der Waals surface area contributed by atoms with Crippen molar-refractivity contribution in [1.29, 1.82) is 5.26 Å². The van der Waals surface area contributed by atoms with Gasteiger partial charge in [-0.2, -0.15) is 5.26 Å². The molecule has 9 nitrogen and oxygen atoms in total. The lowest BCUT2D eigenvalue weighted by Gasteiger charge is -2.17. The van der Waals surface area contributed by atoms with Gasteiger partial charge in [-0.15, -0.1) is 0 Å². The Morgan fingerprint density at radius 3 is 2.62 bits per heavy atom. The summed E-state index contributed by atoms with van der Waals surface area (Å²) in [6.07, 6.45) is 5.98. The molecule has 1 aliphatic rings. The van der Waals surface area contributed by atoms with Crippen LogP contribution < -0.4 is 5.32 Å². The van der Waals surface area contributed by atoms with E-state index in [1.165, 1.54) is 0 Å². The van der Waals surface area contributed by atoms with Crippen molar-refractivity contribution in [3.63, 3.8) is 0 Å². The number of likely N-dealkylation sites (tertiary alicyclic amines) is 1. The van der Waals surface area contributed by atoms with Crippen molar-refractivity contribution in [3.05, 3.63) is 102 Å². The minimum absolute atomic E-state index is 0.356. The van der Waals surface area contributed by atoms with E-state index in [2.05, 4.69) is 58.3 Å². The van der Waals surface area contributed by atoms with Crippen molar-refractivity contribution in [2.75, 3.05) is 18.4 Å². The molecule has 1 atom stereocenters. The number of carbonyl (C=O) groups is 1. The first-order valence-corrected chi connectivity index (χ1v) is 14.8. The zero-order valence-corrected chi connectivity index (χ0v) is 24.9. The Morgan fingerprint density at radius 1 is 1.02 bits per heavy atom. The highest BCUT2D eigenvalue weighted by Gasteiger charge is 2.28. The second-order valence-corrected chi connectivity index (χ2v) is 11.5. The highest BCUT2D eigenvalue weighted by atomic mass is 16.4. The van der Waals surface area contributed by atoms with Gasteiger partial charge in [0.15, 0.2) is 5.58 Å². The highest BCUT2D eigenvalue weighted by Crippen LogP contribution is 2.38. The Bertz CT molecular complexity index is 2140. The molecule has 0 aliphatic carbocycles. The van der Waals surface area contributed by atoms with Crippen molar-refractivity contribution in [1.82, 2.24) is 19.9 Å². The average Bonchev–Trinajstić information content (AvgIpc) is 3.70. The number of anilines is 2. The van der Waals surface area contributed by atoms with Gasteiger partial charge >= 0.3 is 5.97 Å². The van der Waals surface area contributed by atoms with E-state index in [4.69, 9.17) is 9.40 Å². The number of nitrogens with one attached hydrogen (secondary N) is 1. The molecule has 45 heavy (non-hydrogen) atoms. The van der Waals surface area contributed by atoms with Crippen LogP contribution in [0.25, 0.3) is 44.6 Å². The van der Waals surface area contributed by atoms with Gasteiger partial charge in [-0.25, -0.2) is 4.98 Å². The van der Waals surface area contributed by atoms with Crippen molar-refractivity contribution in [2.45, 2.75) is 26.8 Å². The van der Waals surface area contributed by atoms with E-state index in [0.717, 1.165) is 55.7 Å². The van der Waals surface area contributed by atoms with Crippen LogP contribution in [-0.2, 0) is 11.3 Å². The number of carboxylic acids is 1. The van der Waals surface area contributed by atoms with Crippen LogP contribution in [0.3, 0.4) is 0 Å². The fourth-order valence-corrected chi connectivity index (χ4v) is 6.28. The van der Waals surface area contributed by atoms with Crippen molar-refractivity contribution in [2.24, 2.45) is 5.92 Å². The van der Waals surface area contributed by atoms with Gasteiger partial charge in [0, 0.05) is 48.3 Å². The van der Waals surface area contributed by atoms with Crippen LogP contribution in [0.2, 0.25) is 0 Å². The maximum atomic E-state index is 11.4. The third-order valence-corrected chi connectivity index (χ3v) is 8.70. The molecule has 3 aromatic carbocycles. The first kappa shape index (κ1) is 28.2. The van der Waals surface area contributed by atoms with Crippen LogP contribution in [0, 0.1) is 31.1 Å². The molecule has 6 aromatic rings. The zero-order chi connectivity index (χ0) is 31.1. The molecule has 0 bridgehead atoms. The van der Waals surface area contributed by atoms with E-state index < -0.39 is 5.97 Å². The minimum Gasteiger partial charge on any atom is -0.481 e. The van der Waals surface area contributed by atoms with E-state index in [-0.39, 0.29) is 5.92 Å². The van der Waals surface area contributed by atoms with Crippen LogP contribution in [0.15, 0.2) is 83.7 Å². The van der Waals surface area contributed by atoms with Gasteiger partial charge in [0.2, 0.25) is 5.89 Å². The maximum absolute atomic E-state index is 11.4. The van der Waals surface area contributed by atoms with Crippen LogP contribution >= 0.6 is 0 Å². The van der Waals surface area contributed by atoms with Crippen LogP contribution in [0.5, 0.6) is 0 Å². The molecular formula is C36H30N6O3. The second-order valence-electron chi connectivity index (χ2n) is 11.5. The van der Waals surface area contributed by atoms with E-state index in [9.17, 15) is 15.2 Å². The van der Waals surface area contributed by atoms with E-state index >= 15 is 0 Å². The number of hydrogen-bond donors (Lipinski definition) is 2. The van der Waals surface area contributed by atoms with Gasteiger partial charge in [-0.05, 0) is 91.0 Å². The summed E-state index contributed by atoms with van der Waals surface area (Å²) in [6.45, 7) is 5.92. The standard InChI is InChI=1S/C36H30N6O3/c1-21-26(27-6-4-8-30(22(27)2)40-32-10-13-39-31-9-12-38-18-29(31)32)5-3-7-28(21)35-41-33-16-23(15-25(17-37)34(33)45-35)19-42-14-11-24(20-42)36(43)44/h3-10,12-13,15-16,18,24H,11,14,19-20H2,1-2H3,(H,39,40)(H,43,44)/t24-/m1/s1. The quantitative estimate of drug-likeness (QED) is 0.196. The van der Waals surface area contributed by atoms with Crippen LogP contribution in [-0.4, -0.2) is 44.0 Å². The van der Waals surface area contributed by atoms with Gasteiger partial charge in [-0.1, -0.05) is 24.3 Å². The number of carboxylic acid groups (broad SMARTS) is 1. The molecule has 4 heterocycles. The number of aliphatic carboxylic acids is 1. The lowest BCUT2D eigenvalue weighted by Crippen LogP contribution is -2.22. The molecule has 1 fully saturated rings. The molecule has 0 radical (unpaired) electrons. The molecule has 0 amide bonds. The summed E-state index contributed by atoms with van der Waals surface area (Å²) in [6, 6.07) is 22.2. The highest BCUT2D eigenvalue weighted by molar-refractivity contribution is 5.93. The number of hydrogen-bond acceptors (Lipinski definition) is 8. The van der Waals surface area contributed by atoms with Crippen molar-refractivity contribution >= 4 is 39.3 Å². The third-order valence-electron chi connectivity index (χ3n) is 8.70. The number of pyridine rings is 2. The summed E-state index contributed by atoms with van der Waals surface area (Å²) in [7, 11) is 0. The SMILES string of the molecule is Cc1c(Nc2ccnc3ccncc23)cccc1-c1cccc(-c2nc3cc(CN4CC[C@@H](C(=O)O)C4)cc(C#N)c3o2)c1C. The molecule has 7 rings (SSSR count). The Kier molecular flexibility index (Phi) is 7.20. The van der Waals surface area contributed by atoms with Gasteiger partial charge < -0.3 is 14.8 Å². The molecule has 0 spiro atoms. The first-order chi connectivity index (χ1) is 21.9. The summed E-state index contributed by atoms with van der Waals surface area (Å²) < 4.78 is 6.25. The number of benzene rings is 3. The fourth-order valence-electron chi connectivity index (χ4n) is 6.28. The number of aromatic nitrogens is 3. The van der Waals surface area contributed by atoms with Crippen molar-refractivity contribution < 1.29 is 14.3 Å². The molecule has 9 heteroatoms. The van der Waals surface area contributed by atoms with Crippen molar-refractivity contribution in [3.8, 4) is 28.7 Å². The van der Waals surface area contributed by atoms with Gasteiger partial charge in [-0.3, -0.25) is 19.7 Å². The predicted octanol–water partition coefficient (Wildman–Crippen LogP) is 7.24. The number of rotatable bonds is 7. The van der Waals surface area contributed by atoms with Gasteiger partial charge in [0.25, 0.3) is 0 Å². The summed E-state index contributed by atoms with van der Waals surface area (Å²) in [5, 5.41) is 23.8. The molecule has 2 N–H and O–H groups in total. The lowest BCUT2D eigenvalue weighted by molar-refractivity contribution is -0.141. The fraction of sp³-hybridized carbons (Fsp3) is 0.194.